The Bertz CT molecular complexity index is 175. The zero-order valence-electron chi connectivity index (χ0n) is 8.74. The molecule has 2 unspecified atom stereocenters. The molecule has 1 heterocycles. The van der Waals surface area contributed by atoms with Crippen LogP contribution in [0.4, 0.5) is 4.39 Å². The first-order chi connectivity index (χ1) is 5.25. The van der Waals surface area contributed by atoms with Gasteiger partial charge >= 0.3 is 0 Å². The summed E-state index contributed by atoms with van der Waals surface area (Å²) in [5.41, 5.74) is -0.299. The van der Waals surface area contributed by atoms with Crippen molar-refractivity contribution in [2.75, 3.05) is 0 Å². The molecule has 12 heavy (non-hydrogen) atoms. The first-order valence-electron chi connectivity index (χ1n) is 4.68. The number of hydrogen-bond donors (Lipinski definition) is 1. The van der Waals surface area contributed by atoms with Gasteiger partial charge in [-0.25, -0.2) is 4.39 Å². The number of rotatable bonds is 0. The van der Waals surface area contributed by atoms with Crippen LogP contribution in [-0.2, 0) is 0 Å². The summed E-state index contributed by atoms with van der Waals surface area (Å²) in [5, 5.41) is 3.34. The van der Waals surface area contributed by atoms with E-state index >= 15 is 0 Å². The highest BCUT2D eigenvalue weighted by Crippen LogP contribution is 2.34. The van der Waals surface area contributed by atoms with Gasteiger partial charge < -0.3 is 5.32 Å². The Kier molecular flexibility index (Phi) is 2.24. The minimum Gasteiger partial charge on any atom is -0.304 e. The van der Waals surface area contributed by atoms with E-state index in [0.717, 1.165) is 6.42 Å². The fourth-order valence-electron chi connectivity index (χ4n) is 2.61. The summed E-state index contributed by atoms with van der Waals surface area (Å²) in [6.07, 6.45) is 0.183. The molecule has 0 aromatic rings. The van der Waals surface area contributed by atoms with Crippen molar-refractivity contribution in [2.24, 2.45) is 5.92 Å². The SMILES string of the molecule is CC1CC(C)(C)NC(C)(C)C1F. The van der Waals surface area contributed by atoms with E-state index in [0.29, 0.717) is 0 Å². The van der Waals surface area contributed by atoms with Crippen molar-refractivity contribution in [1.29, 1.82) is 0 Å². The highest BCUT2D eigenvalue weighted by atomic mass is 19.1. The molecule has 1 aliphatic rings. The highest BCUT2D eigenvalue weighted by molar-refractivity contribution is 5.01. The molecule has 0 radical (unpaired) electrons. The van der Waals surface area contributed by atoms with Crippen LogP contribution in [0.2, 0.25) is 0 Å². The third-order valence-electron chi connectivity index (χ3n) is 2.68. The summed E-state index contributed by atoms with van der Waals surface area (Å²) in [6, 6.07) is 0. The normalized spacial score (nSPS) is 39.5. The molecule has 0 bridgehead atoms. The van der Waals surface area contributed by atoms with Crippen LogP contribution in [0.15, 0.2) is 0 Å². The Morgan fingerprint density at radius 2 is 1.75 bits per heavy atom. The lowest BCUT2D eigenvalue weighted by atomic mass is 9.75. The van der Waals surface area contributed by atoms with Crippen molar-refractivity contribution in [1.82, 2.24) is 5.32 Å². The molecule has 1 rings (SSSR count). The zero-order valence-corrected chi connectivity index (χ0v) is 8.74. The monoisotopic (exact) mass is 173 g/mol. The van der Waals surface area contributed by atoms with E-state index in [1.165, 1.54) is 0 Å². The van der Waals surface area contributed by atoms with Gasteiger partial charge in [-0.1, -0.05) is 6.92 Å². The summed E-state index contributed by atoms with van der Waals surface area (Å²) in [4.78, 5) is 0. The maximum atomic E-state index is 13.6. The predicted molar refractivity (Wildman–Crippen MR) is 50.0 cm³/mol. The summed E-state index contributed by atoms with van der Waals surface area (Å²) < 4.78 is 13.6. The highest BCUT2D eigenvalue weighted by Gasteiger charge is 2.43. The van der Waals surface area contributed by atoms with E-state index < -0.39 is 6.17 Å². The largest absolute Gasteiger partial charge is 0.304 e. The number of alkyl halides is 1. The molecule has 2 heteroatoms. The lowest BCUT2D eigenvalue weighted by Gasteiger charge is -2.47. The topological polar surface area (TPSA) is 12.0 Å². The Morgan fingerprint density at radius 1 is 1.25 bits per heavy atom. The third kappa shape index (κ3) is 1.79. The molecule has 2 atom stereocenters. The maximum absolute atomic E-state index is 13.6. The number of piperidine rings is 1. The van der Waals surface area contributed by atoms with Crippen LogP contribution < -0.4 is 5.32 Å². The van der Waals surface area contributed by atoms with Crippen molar-refractivity contribution in [3.63, 3.8) is 0 Å². The lowest BCUT2D eigenvalue weighted by molar-refractivity contribution is 0.0321. The minimum atomic E-state index is -0.731. The van der Waals surface area contributed by atoms with Gasteiger partial charge in [0.2, 0.25) is 0 Å². The van der Waals surface area contributed by atoms with E-state index in [1.54, 1.807) is 0 Å². The number of nitrogens with one attached hydrogen (secondary N) is 1. The average Bonchev–Trinajstić information content (AvgIpc) is 1.79. The smallest absolute Gasteiger partial charge is 0.120 e. The molecular formula is C10H20FN. The molecule has 0 aromatic carbocycles. The standard InChI is InChI=1S/C10H20FN/c1-7-6-9(2,3)12-10(4,5)8(7)11/h7-8,12H,6H2,1-5H3. The molecule has 0 aliphatic carbocycles. The molecule has 1 fully saturated rings. The first-order valence-corrected chi connectivity index (χ1v) is 4.68. The van der Waals surface area contributed by atoms with Gasteiger partial charge in [-0.15, -0.1) is 0 Å². The minimum absolute atomic E-state index is 0.0749. The van der Waals surface area contributed by atoms with E-state index in [4.69, 9.17) is 0 Å². The predicted octanol–water partition coefficient (Wildman–Crippen LogP) is 2.51. The molecule has 1 aliphatic heterocycles. The van der Waals surface area contributed by atoms with Gasteiger partial charge in [0.25, 0.3) is 0 Å². The van der Waals surface area contributed by atoms with Gasteiger partial charge in [0.1, 0.15) is 6.17 Å². The number of halogens is 1. The molecule has 1 N–H and O–H groups in total. The second-order valence-corrected chi connectivity index (χ2v) is 5.31. The molecule has 0 spiro atoms. The Morgan fingerprint density at radius 3 is 2.17 bits per heavy atom. The second kappa shape index (κ2) is 2.69. The molecule has 72 valence electrons. The third-order valence-corrected chi connectivity index (χ3v) is 2.68. The van der Waals surface area contributed by atoms with Crippen molar-refractivity contribution in [2.45, 2.75) is 58.3 Å². The Labute approximate surface area is 74.7 Å². The fourth-order valence-corrected chi connectivity index (χ4v) is 2.61. The first kappa shape index (κ1) is 9.97. The van der Waals surface area contributed by atoms with Crippen LogP contribution in [0.5, 0.6) is 0 Å². The van der Waals surface area contributed by atoms with Crippen LogP contribution in [-0.4, -0.2) is 17.2 Å². The van der Waals surface area contributed by atoms with Crippen LogP contribution in [0.1, 0.15) is 41.0 Å². The number of hydrogen-bond acceptors (Lipinski definition) is 1. The molecule has 0 aromatic heterocycles. The van der Waals surface area contributed by atoms with Gasteiger partial charge in [0, 0.05) is 11.1 Å². The van der Waals surface area contributed by atoms with Crippen LogP contribution in [0.25, 0.3) is 0 Å². The summed E-state index contributed by atoms with van der Waals surface area (Å²) in [6.45, 7) is 10.1. The molecule has 1 saturated heterocycles. The molecular weight excluding hydrogens is 153 g/mol. The van der Waals surface area contributed by atoms with E-state index in [1.807, 2.05) is 20.8 Å². The summed E-state index contributed by atoms with van der Waals surface area (Å²) in [7, 11) is 0. The van der Waals surface area contributed by atoms with Gasteiger partial charge in [-0.3, -0.25) is 0 Å². The van der Waals surface area contributed by atoms with Crippen molar-refractivity contribution in [3.8, 4) is 0 Å². The average molecular weight is 173 g/mol. The summed E-state index contributed by atoms with van der Waals surface area (Å²) in [5.74, 6) is 0.163. The van der Waals surface area contributed by atoms with Crippen molar-refractivity contribution >= 4 is 0 Å². The van der Waals surface area contributed by atoms with Crippen LogP contribution >= 0.6 is 0 Å². The van der Waals surface area contributed by atoms with Gasteiger partial charge in [-0.2, -0.15) is 0 Å². The van der Waals surface area contributed by atoms with Gasteiger partial charge in [-0.05, 0) is 40.0 Å². The quantitative estimate of drug-likeness (QED) is 0.593. The van der Waals surface area contributed by atoms with Gasteiger partial charge in [0.05, 0.1) is 0 Å². The zero-order chi connectivity index (χ0) is 9.57. The molecule has 0 amide bonds. The van der Waals surface area contributed by atoms with E-state index in [-0.39, 0.29) is 17.0 Å². The van der Waals surface area contributed by atoms with Crippen LogP contribution in [0.3, 0.4) is 0 Å². The van der Waals surface area contributed by atoms with Crippen LogP contribution in [0, 0.1) is 5.92 Å². The Balaban J connectivity index is 2.80. The van der Waals surface area contributed by atoms with Gasteiger partial charge in [0.15, 0.2) is 0 Å². The van der Waals surface area contributed by atoms with E-state index in [9.17, 15) is 4.39 Å². The van der Waals surface area contributed by atoms with Crippen molar-refractivity contribution in [3.05, 3.63) is 0 Å². The van der Waals surface area contributed by atoms with Crippen molar-refractivity contribution < 1.29 is 4.39 Å². The lowest BCUT2D eigenvalue weighted by Crippen LogP contribution is -2.63. The maximum Gasteiger partial charge on any atom is 0.120 e. The molecule has 0 saturated carbocycles. The van der Waals surface area contributed by atoms with E-state index in [2.05, 4.69) is 19.2 Å². The summed E-state index contributed by atoms with van der Waals surface area (Å²) >= 11 is 0. The molecule has 1 nitrogen and oxygen atoms in total. The second-order valence-electron chi connectivity index (χ2n) is 5.31. The Hall–Kier alpha value is -0.110. The fraction of sp³-hybridized carbons (Fsp3) is 1.00.